The molecule has 0 aliphatic heterocycles. The Kier molecular flexibility index (Phi) is 5.11. The number of hydrogen-bond donors (Lipinski definition) is 0. The van der Waals surface area contributed by atoms with Gasteiger partial charge in [-0.25, -0.2) is 0 Å². The van der Waals surface area contributed by atoms with E-state index in [1.165, 1.54) is 51.5 Å². The van der Waals surface area contributed by atoms with Crippen molar-refractivity contribution in [2.24, 2.45) is 0 Å². The average molecular weight is 483 g/mol. The molecule has 0 nitrogen and oxygen atoms in total. The van der Waals surface area contributed by atoms with Crippen molar-refractivity contribution in [3.8, 4) is 22.9 Å². The van der Waals surface area contributed by atoms with Gasteiger partial charge in [0.25, 0.3) is 0 Å². The predicted octanol–water partition coefficient (Wildman–Crippen LogP) is 8.88. The first kappa shape index (κ1) is 21.5. The molecule has 0 spiro atoms. The zero-order valence-electron chi connectivity index (χ0n) is 19.4. The van der Waals surface area contributed by atoms with Crippen LogP contribution in [-0.2, 0) is 0 Å². The van der Waals surface area contributed by atoms with E-state index in [2.05, 4.69) is 111 Å². The average Bonchev–Trinajstić information content (AvgIpc) is 3.32. The zero-order valence-corrected chi connectivity index (χ0v) is 23.1. The van der Waals surface area contributed by atoms with Gasteiger partial charge in [-0.05, 0) is 45.8 Å². The molecule has 0 aliphatic carbocycles. The van der Waals surface area contributed by atoms with Crippen LogP contribution in [0.15, 0.2) is 48.5 Å². The first-order valence-electron chi connectivity index (χ1n) is 11.0. The second-order valence-electron chi connectivity index (χ2n) is 10.4. The molecule has 2 aromatic heterocycles. The first-order chi connectivity index (χ1) is 15.1. The number of thiophene rings is 2. The van der Waals surface area contributed by atoms with E-state index in [1.54, 1.807) is 0 Å². The summed E-state index contributed by atoms with van der Waals surface area (Å²) >= 11 is 3.62. The Labute approximate surface area is 200 Å². The lowest BCUT2D eigenvalue weighted by atomic mass is 9.98. The molecule has 0 radical (unpaired) electrons. The first-order valence-corrected chi connectivity index (χ1v) is 19.6. The molecule has 32 heavy (non-hydrogen) atoms. The molecule has 0 aliphatic rings. The number of rotatable bonds is 0. The van der Waals surface area contributed by atoms with E-state index < -0.39 is 16.1 Å². The van der Waals surface area contributed by atoms with E-state index in [0.717, 1.165) is 0 Å². The van der Waals surface area contributed by atoms with Gasteiger partial charge in [-0.1, -0.05) is 75.4 Å². The van der Waals surface area contributed by atoms with Gasteiger partial charge in [0, 0.05) is 20.2 Å². The van der Waals surface area contributed by atoms with Crippen LogP contribution in [0, 0.1) is 22.9 Å². The molecule has 158 valence electrons. The normalized spacial score (nSPS) is 12.2. The summed E-state index contributed by atoms with van der Waals surface area (Å²) in [5.74, 6) is 6.89. The van der Waals surface area contributed by atoms with Crippen LogP contribution in [0.1, 0.15) is 9.75 Å². The smallest absolute Gasteiger partial charge is 0.127 e. The van der Waals surface area contributed by atoms with Crippen LogP contribution < -0.4 is 0 Å². The van der Waals surface area contributed by atoms with Crippen molar-refractivity contribution in [3.63, 3.8) is 0 Å². The molecule has 3 aromatic carbocycles. The lowest BCUT2D eigenvalue weighted by Crippen LogP contribution is -2.16. The fourth-order valence-electron chi connectivity index (χ4n) is 3.88. The molecular formula is C28H26S2Si2. The number of fused-ring (bicyclic) bond motifs is 7. The molecule has 5 rings (SSSR count). The Bertz CT molecular complexity index is 1520. The van der Waals surface area contributed by atoms with Gasteiger partial charge < -0.3 is 0 Å². The monoisotopic (exact) mass is 482 g/mol. The maximum Gasteiger partial charge on any atom is 0.129 e. The van der Waals surface area contributed by atoms with E-state index in [-0.39, 0.29) is 0 Å². The van der Waals surface area contributed by atoms with Crippen LogP contribution in [0.4, 0.5) is 0 Å². The standard InChI is InChI=1S/C28H26S2Si2/c1-31(2,3)15-13-19-17-25-23-7-8-24-22(21(23)9-11-27(25)29-19)10-12-28-26(24)18-20(30-28)14-16-32(4,5)6/h7-12,17-18H,1-6H3. The quantitative estimate of drug-likeness (QED) is 0.117. The predicted molar refractivity (Wildman–Crippen MR) is 153 cm³/mol. The summed E-state index contributed by atoms with van der Waals surface area (Å²) in [4.78, 5) is 2.35. The van der Waals surface area contributed by atoms with Crippen molar-refractivity contribution in [1.29, 1.82) is 0 Å². The van der Waals surface area contributed by atoms with Crippen LogP contribution in [-0.4, -0.2) is 16.1 Å². The minimum atomic E-state index is -1.38. The minimum absolute atomic E-state index is 1.17. The number of hydrogen-bond acceptors (Lipinski definition) is 2. The molecule has 5 aromatic rings. The highest BCUT2D eigenvalue weighted by molar-refractivity contribution is 7.20. The summed E-state index contributed by atoms with van der Waals surface area (Å²) in [6.07, 6.45) is 0. The van der Waals surface area contributed by atoms with E-state index in [0.29, 0.717) is 0 Å². The Hall–Kier alpha value is -2.35. The van der Waals surface area contributed by atoms with Crippen molar-refractivity contribution in [2.75, 3.05) is 0 Å². The summed E-state index contributed by atoms with van der Waals surface area (Å²) in [7, 11) is -2.76. The van der Waals surface area contributed by atoms with E-state index >= 15 is 0 Å². The van der Waals surface area contributed by atoms with Crippen LogP contribution >= 0.6 is 22.7 Å². The fraction of sp³-hybridized carbons (Fsp3) is 0.214. The summed E-state index contributed by atoms with van der Waals surface area (Å²) in [5, 5.41) is 7.92. The van der Waals surface area contributed by atoms with Gasteiger partial charge in [0.05, 0.1) is 9.75 Å². The van der Waals surface area contributed by atoms with Crippen molar-refractivity contribution in [3.05, 3.63) is 58.3 Å². The van der Waals surface area contributed by atoms with Crippen LogP contribution in [0.3, 0.4) is 0 Å². The molecule has 0 saturated carbocycles. The third-order valence-electron chi connectivity index (χ3n) is 5.31. The Balaban J connectivity index is 1.69. The second kappa shape index (κ2) is 7.61. The van der Waals surface area contributed by atoms with Gasteiger partial charge in [0.1, 0.15) is 16.1 Å². The van der Waals surface area contributed by atoms with Gasteiger partial charge in [-0.2, -0.15) is 0 Å². The maximum atomic E-state index is 3.51. The van der Waals surface area contributed by atoms with Gasteiger partial charge in [-0.3, -0.25) is 0 Å². The van der Waals surface area contributed by atoms with Crippen molar-refractivity contribution < 1.29 is 0 Å². The summed E-state index contributed by atoms with van der Waals surface area (Å²) in [5.41, 5.74) is 7.02. The SMILES string of the molecule is C[Si](C)(C)C#Cc1cc2c(ccc3c2ccc2c4cc(C#C[Si](C)(C)C)sc4ccc23)s1. The second-order valence-corrected chi connectivity index (χ2v) is 22.1. The molecule has 0 atom stereocenters. The van der Waals surface area contributed by atoms with Crippen molar-refractivity contribution in [1.82, 2.24) is 0 Å². The molecule has 0 unspecified atom stereocenters. The topological polar surface area (TPSA) is 0 Å². The Morgan fingerprint density at radius 1 is 0.500 bits per heavy atom. The molecule has 0 fully saturated rings. The highest BCUT2D eigenvalue weighted by Gasteiger charge is 2.12. The van der Waals surface area contributed by atoms with Crippen molar-refractivity contribution >= 4 is 80.5 Å². The highest BCUT2D eigenvalue weighted by atomic mass is 32.1. The van der Waals surface area contributed by atoms with Gasteiger partial charge in [0.2, 0.25) is 0 Å². The molecule has 0 bridgehead atoms. The summed E-state index contributed by atoms with van der Waals surface area (Å²) in [6, 6.07) is 18.3. The molecule has 2 heterocycles. The van der Waals surface area contributed by atoms with E-state index in [4.69, 9.17) is 0 Å². The molecular weight excluding hydrogens is 457 g/mol. The van der Waals surface area contributed by atoms with Gasteiger partial charge >= 0.3 is 0 Å². The van der Waals surface area contributed by atoms with Crippen LogP contribution in [0.2, 0.25) is 39.3 Å². The van der Waals surface area contributed by atoms with Gasteiger partial charge in [0.15, 0.2) is 0 Å². The minimum Gasteiger partial charge on any atom is -0.127 e. The maximum absolute atomic E-state index is 3.51. The molecule has 0 amide bonds. The van der Waals surface area contributed by atoms with Crippen LogP contribution in [0.5, 0.6) is 0 Å². The lowest BCUT2D eigenvalue weighted by molar-refractivity contribution is 1.81. The third kappa shape index (κ3) is 4.17. The third-order valence-corrected chi connectivity index (χ3v) is 9.09. The fourth-order valence-corrected chi connectivity index (χ4v) is 6.95. The largest absolute Gasteiger partial charge is 0.129 e. The van der Waals surface area contributed by atoms with Crippen molar-refractivity contribution in [2.45, 2.75) is 39.3 Å². The highest BCUT2D eigenvalue weighted by Crippen LogP contribution is 2.39. The van der Waals surface area contributed by atoms with E-state index in [9.17, 15) is 0 Å². The summed E-state index contributed by atoms with van der Waals surface area (Å²) in [6.45, 7) is 13.8. The van der Waals surface area contributed by atoms with E-state index in [1.807, 2.05) is 22.7 Å². The number of benzene rings is 3. The Morgan fingerprint density at radius 2 is 0.844 bits per heavy atom. The van der Waals surface area contributed by atoms with Crippen LogP contribution in [0.25, 0.3) is 41.7 Å². The summed E-state index contributed by atoms with van der Waals surface area (Å²) < 4.78 is 2.63. The van der Waals surface area contributed by atoms with Gasteiger partial charge in [-0.15, -0.1) is 33.8 Å². The Morgan fingerprint density at radius 3 is 1.22 bits per heavy atom. The zero-order chi connectivity index (χ0) is 22.7. The molecule has 0 N–H and O–H groups in total. The lowest BCUT2D eigenvalue weighted by Gasteiger charge is -2.06. The molecule has 0 saturated heterocycles. The molecule has 4 heteroatoms.